The van der Waals surface area contributed by atoms with Crippen molar-refractivity contribution in [3.8, 4) is 10.7 Å². The van der Waals surface area contributed by atoms with Crippen LogP contribution in [0, 0.1) is 0 Å². The summed E-state index contributed by atoms with van der Waals surface area (Å²) in [5, 5.41) is 6.03. The SMILES string of the molecule is CC(C)(C)c1ccc(S(=O)(=O)N2CCC[C@@H](c3nc(-c4cccs4)no3)C2)cc1. The Balaban J connectivity index is 1.53. The number of aromatic nitrogens is 2. The minimum absolute atomic E-state index is 0.0171. The monoisotopic (exact) mass is 431 g/mol. The maximum Gasteiger partial charge on any atom is 0.243 e. The minimum atomic E-state index is -3.56. The molecule has 29 heavy (non-hydrogen) atoms. The maximum absolute atomic E-state index is 13.2. The van der Waals surface area contributed by atoms with Gasteiger partial charge in [-0.2, -0.15) is 9.29 Å². The number of hydrogen-bond acceptors (Lipinski definition) is 6. The van der Waals surface area contributed by atoms with E-state index in [-0.39, 0.29) is 11.3 Å². The highest BCUT2D eigenvalue weighted by Gasteiger charge is 2.33. The first-order valence-corrected chi connectivity index (χ1v) is 12.1. The fourth-order valence-corrected chi connectivity index (χ4v) is 5.72. The van der Waals surface area contributed by atoms with Gasteiger partial charge in [0.25, 0.3) is 0 Å². The largest absolute Gasteiger partial charge is 0.339 e. The average Bonchev–Trinajstić information content (AvgIpc) is 3.39. The molecule has 0 bridgehead atoms. The molecule has 1 aromatic carbocycles. The number of thiophene rings is 1. The fraction of sp³-hybridized carbons (Fsp3) is 0.429. The Morgan fingerprint density at radius 3 is 2.59 bits per heavy atom. The summed E-state index contributed by atoms with van der Waals surface area (Å²) in [6.07, 6.45) is 1.60. The molecule has 6 nitrogen and oxygen atoms in total. The Morgan fingerprint density at radius 1 is 1.17 bits per heavy atom. The quantitative estimate of drug-likeness (QED) is 0.600. The molecule has 154 valence electrons. The number of benzene rings is 1. The molecule has 0 saturated carbocycles. The second-order valence-electron chi connectivity index (χ2n) is 8.41. The van der Waals surface area contributed by atoms with Crippen LogP contribution in [0.4, 0.5) is 0 Å². The summed E-state index contributed by atoms with van der Waals surface area (Å²) in [5.41, 5.74) is 1.09. The van der Waals surface area contributed by atoms with Gasteiger partial charge in [0.2, 0.25) is 21.7 Å². The van der Waals surface area contributed by atoms with Gasteiger partial charge in [-0.25, -0.2) is 8.42 Å². The van der Waals surface area contributed by atoms with Crippen molar-refractivity contribution < 1.29 is 12.9 Å². The molecule has 3 aromatic rings. The highest BCUT2D eigenvalue weighted by molar-refractivity contribution is 7.89. The molecular formula is C21H25N3O3S2. The van der Waals surface area contributed by atoms with Gasteiger partial charge in [0, 0.05) is 13.1 Å². The van der Waals surface area contributed by atoms with E-state index in [9.17, 15) is 8.42 Å². The van der Waals surface area contributed by atoms with Crippen molar-refractivity contribution in [3.05, 3.63) is 53.2 Å². The number of rotatable bonds is 4. The van der Waals surface area contributed by atoms with E-state index in [1.54, 1.807) is 27.8 Å². The summed E-state index contributed by atoms with van der Waals surface area (Å²) in [6.45, 7) is 7.20. The van der Waals surface area contributed by atoms with E-state index >= 15 is 0 Å². The van der Waals surface area contributed by atoms with Crippen molar-refractivity contribution >= 4 is 21.4 Å². The molecule has 1 aliphatic heterocycles. The Hall–Kier alpha value is -2.03. The molecule has 8 heteroatoms. The van der Waals surface area contributed by atoms with Gasteiger partial charge in [-0.05, 0) is 47.4 Å². The molecular weight excluding hydrogens is 406 g/mol. The van der Waals surface area contributed by atoms with Crippen molar-refractivity contribution in [2.24, 2.45) is 0 Å². The van der Waals surface area contributed by atoms with Crippen LogP contribution in [0.15, 0.2) is 51.2 Å². The van der Waals surface area contributed by atoms with Crippen LogP contribution in [0.25, 0.3) is 10.7 Å². The highest BCUT2D eigenvalue weighted by Crippen LogP contribution is 2.32. The molecule has 0 radical (unpaired) electrons. The van der Waals surface area contributed by atoms with Crippen LogP contribution in [0.2, 0.25) is 0 Å². The van der Waals surface area contributed by atoms with Gasteiger partial charge < -0.3 is 4.52 Å². The topological polar surface area (TPSA) is 76.3 Å². The van der Waals surface area contributed by atoms with Gasteiger partial charge in [0.1, 0.15) is 0 Å². The molecule has 0 unspecified atom stereocenters. The van der Waals surface area contributed by atoms with E-state index in [0.29, 0.717) is 29.7 Å². The third-order valence-corrected chi connectivity index (χ3v) is 8.02. The molecule has 0 amide bonds. The van der Waals surface area contributed by atoms with Crippen molar-refractivity contribution in [3.63, 3.8) is 0 Å². The van der Waals surface area contributed by atoms with Gasteiger partial charge in [0.15, 0.2) is 0 Å². The van der Waals surface area contributed by atoms with Crippen LogP contribution < -0.4 is 0 Å². The van der Waals surface area contributed by atoms with Crippen molar-refractivity contribution in [1.82, 2.24) is 14.4 Å². The first-order chi connectivity index (χ1) is 13.7. The first kappa shape index (κ1) is 20.3. The van der Waals surface area contributed by atoms with E-state index in [4.69, 9.17) is 4.52 Å². The van der Waals surface area contributed by atoms with Gasteiger partial charge in [-0.3, -0.25) is 0 Å². The van der Waals surface area contributed by atoms with Crippen LogP contribution in [-0.2, 0) is 15.4 Å². The predicted octanol–water partition coefficient (Wildman–Crippen LogP) is 4.66. The summed E-state index contributed by atoms with van der Waals surface area (Å²) >= 11 is 1.55. The molecule has 1 saturated heterocycles. The second kappa shape index (κ2) is 7.66. The molecule has 1 atom stereocenters. The molecule has 0 aliphatic carbocycles. The van der Waals surface area contributed by atoms with Gasteiger partial charge in [-0.1, -0.05) is 44.1 Å². The molecule has 1 fully saturated rings. The Bertz CT molecular complexity index is 1070. The van der Waals surface area contributed by atoms with Crippen LogP contribution in [0.1, 0.15) is 51.0 Å². The third kappa shape index (κ3) is 4.15. The van der Waals surface area contributed by atoms with Crippen LogP contribution in [0.5, 0.6) is 0 Å². The summed E-state index contributed by atoms with van der Waals surface area (Å²) in [4.78, 5) is 5.79. The van der Waals surface area contributed by atoms with Crippen molar-refractivity contribution in [2.75, 3.05) is 13.1 Å². The predicted molar refractivity (Wildman–Crippen MR) is 113 cm³/mol. The lowest BCUT2D eigenvalue weighted by Crippen LogP contribution is -2.39. The zero-order valence-electron chi connectivity index (χ0n) is 16.8. The lowest BCUT2D eigenvalue weighted by Gasteiger charge is -2.30. The smallest absolute Gasteiger partial charge is 0.243 e. The zero-order chi connectivity index (χ0) is 20.6. The molecule has 0 N–H and O–H groups in total. The van der Waals surface area contributed by atoms with E-state index < -0.39 is 10.0 Å². The number of sulfonamides is 1. The number of hydrogen-bond donors (Lipinski definition) is 0. The molecule has 1 aliphatic rings. The fourth-order valence-electron chi connectivity index (χ4n) is 3.55. The third-order valence-electron chi connectivity index (χ3n) is 5.27. The van der Waals surface area contributed by atoms with E-state index in [1.807, 2.05) is 29.6 Å². The van der Waals surface area contributed by atoms with Gasteiger partial charge in [0.05, 0.1) is 15.7 Å². The average molecular weight is 432 g/mol. The number of nitrogens with zero attached hydrogens (tertiary/aromatic N) is 3. The second-order valence-corrected chi connectivity index (χ2v) is 11.3. The van der Waals surface area contributed by atoms with Gasteiger partial charge >= 0.3 is 0 Å². The van der Waals surface area contributed by atoms with E-state index in [1.165, 1.54) is 0 Å². The van der Waals surface area contributed by atoms with Gasteiger partial charge in [-0.15, -0.1) is 11.3 Å². The summed E-state index contributed by atoms with van der Waals surface area (Å²) in [7, 11) is -3.56. The number of piperidine rings is 1. The first-order valence-electron chi connectivity index (χ1n) is 9.73. The van der Waals surface area contributed by atoms with E-state index in [0.717, 1.165) is 23.3 Å². The van der Waals surface area contributed by atoms with Crippen molar-refractivity contribution in [1.29, 1.82) is 0 Å². The maximum atomic E-state index is 13.2. The normalized spacial score (nSPS) is 18.8. The molecule has 0 spiro atoms. The summed E-state index contributed by atoms with van der Waals surface area (Å²) < 4.78 is 33.4. The highest BCUT2D eigenvalue weighted by atomic mass is 32.2. The van der Waals surface area contributed by atoms with Crippen molar-refractivity contribution in [2.45, 2.75) is 49.8 Å². The van der Waals surface area contributed by atoms with Crippen LogP contribution in [-0.4, -0.2) is 36.0 Å². The van der Waals surface area contributed by atoms with E-state index in [2.05, 4.69) is 30.9 Å². The molecule has 3 heterocycles. The lowest BCUT2D eigenvalue weighted by molar-refractivity contribution is 0.265. The van der Waals surface area contributed by atoms with Crippen LogP contribution >= 0.6 is 11.3 Å². The molecule has 2 aromatic heterocycles. The van der Waals surface area contributed by atoms with Crippen LogP contribution in [0.3, 0.4) is 0 Å². The minimum Gasteiger partial charge on any atom is -0.339 e. The summed E-state index contributed by atoms with van der Waals surface area (Å²) in [6, 6.07) is 11.1. The Labute approximate surface area is 175 Å². The Morgan fingerprint density at radius 2 is 1.93 bits per heavy atom. The molecule has 4 rings (SSSR count). The zero-order valence-corrected chi connectivity index (χ0v) is 18.5. The summed E-state index contributed by atoms with van der Waals surface area (Å²) in [5.74, 6) is 0.984. The standard InChI is InChI=1S/C21H25N3O3S2/c1-21(2,3)16-8-10-17(11-9-16)29(25,26)24-12-4-6-15(14-24)20-22-19(23-27-20)18-7-5-13-28-18/h5,7-11,13,15H,4,6,12,14H2,1-3H3/t15-/m1/s1. The Kier molecular flexibility index (Phi) is 5.35. The lowest BCUT2D eigenvalue weighted by atomic mass is 9.87.